The maximum Gasteiger partial charge on any atom is 0.261 e. The predicted molar refractivity (Wildman–Crippen MR) is 85.8 cm³/mol. The van der Waals surface area contributed by atoms with E-state index in [2.05, 4.69) is 4.72 Å². The van der Waals surface area contributed by atoms with Gasteiger partial charge in [-0.25, -0.2) is 8.42 Å². The summed E-state index contributed by atoms with van der Waals surface area (Å²) < 4.78 is 32.4. The molecule has 0 aliphatic heterocycles. The molecule has 0 amide bonds. The highest BCUT2D eigenvalue weighted by Gasteiger charge is 2.15. The van der Waals surface area contributed by atoms with Gasteiger partial charge in [0.25, 0.3) is 10.0 Å². The summed E-state index contributed by atoms with van der Waals surface area (Å²) in [7, 11) is -3.71. The van der Waals surface area contributed by atoms with Crippen LogP contribution in [-0.4, -0.2) is 20.1 Å². The van der Waals surface area contributed by atoms with Crippen molar-refractivity contribution >= 4 is 27.3 Å². The first-order valence-electron chi connectivity index (χ1n) is 6.61. The smallest absolute Gasteiger partial charge is 0.261 e. The van der Waals surface area contributed by atoms with Crippen LogP contribution in [0.1, 0.15) is 12.5 Å². The van der Waals surface area contributed by atoms with Gasteiger partial charge in [-0.3, -0.25) is 4.72 Å². The van der Waals surface area contributed by atoms with Crippen molar-refractivity contribution in [1.29, 1.82) is 0 Å². The fraction of sp³-hybridized carbons (Fsp3) is 0.200. The van der Waals surface area contributed by atoms with Crippen LogP contribution in [0.25, 0.3) is 0 Å². The summed E-state index contributed by atoms with van der Waals surface area (Å²) in [6.07, 6.45) is 0. The van der Waals surface area contributed by atoms with Crippen LogP contribution in [0.3, 0.4) is 0 Å². The Morgan fingerprint density at radius 3 is 2.45 bits per heavy atom. The fourth-order valence-electron chi connectivity index (χ4n) is 1.89. The first kappa shape index (κ1) is 16.6. The number of aliphatic hydroxyl groups is 1. The zero-order chi connectivity index (χ0) is 16.2. The molecule has 0 bridgehead atoms. The van der Waals surface area contributed by atoms with Crippen molar-refractivity contribution in [1.82, 2.24) is 0 Å². The molecule has 0 atom stereocenters. The fourth-order valence-corrected chi connectivity index (χ4v) is 3.07. The highest BCUT2D eigenvalue weighted by Crippen LogP contribution is 2.25. The van der Waals surface area contributed by atoms with Crippen LogP contribution >= 0.6 is 11.6 Å². The minimum Gasteiger partial charge on any atom is -0.494 e. The second-order valence-corrected chi connectivity index (χ2v) is 6.59. The van der Waals surface area contributed by atoms with Crippen molar-refractivity contribution in [3.8, 4) is 5.75 Å². The van der Waals surface area contributed by atoms with Crippen LogP contribution in [0.5, 0.6) is 5.75 Å². The van der Waals surface area contributed by atoms with Gasteiger partial charge in [0.05, 0.1) is 18.1 Å². The van der Waals surface area contributed by atoms with Crippen LogP contribution in [-0.2, 0) is 16.6 Å². The molecule has 2 N–H and O–H groups in total. The minimum atomic E-state index is -3.71. The second-order valence-electron chi connectivity index (χ2n) is 4.47. The summed E-state index contributed by atoms with van der Waals surface area (Å²) in [5.41, 5.74) is 0.862. The number of nitrogens with one attached hydrogen (secondary N) is 1. The van der Waals surface area contributed by atoms with E-state index < -0.39 is 10.0 Å². The van der Waals surface area contributed by atoms with Crippen molar-refractivity contribution in [2.75, 3.05) is 11.3 Å². The first-order chi connectivity index (χ1) is 10.5. The van der Waals surface area contributed by atoms with Crippen LogP contribution in [0.2, 0.25) is 5.02 Å². The van der Waals surface area contributed by atoms with Gasteiger partial charge in [-0.05, 0) is 49.4 Å². The maximum atomic E-state index is 12.3. The van der Waals surface area contributed by atoms with E-state index in [0.717, 1.165) is 0 Å². The van der Waals surface area contributed by atoms with Gasteiger partial charge in [0.1, 0.15) is 5.75 Å². The lowest BCUT2D eigenvalue weighted by Gasteiger charge is -2.12. The lowest BCUT2D eigenvalue weighted by atomic mass is 10.2. The summed E-state index contributed by atoms with van der Waals surface area (Å²) in [5, 5.41) is 9.80. The first-order valence-corrected chi connectivity index (χ1v) is 8.47. The Balaban J connectivity index is 2.27. The molecule has 22 heavy (non-hydrogen) atoms. The Morgan fingerprint density at radius 1 is 1.18 bits per heavy atom. The molecule has 2 rings (SSSR count). The van der Waals surface area contributed by atoms with E-state index in [9.17, 15) is 13.5 Å². The maximum absolute atomic E-state index is 12.3. The molecule has 0 aliphatic carbocycles. The van der Waals surface area contributed by atoms with Gasteiger partial charge in [0.15, 0.2) is 0 Å². The number of sulfonamides is 1. The average Bonchev–Trinajstić information content (AvgIpc) is 2.49. The normalized spacial score (nSPS) is 11.2. The number of benzene rings is 2. The summed E-state index contributed by atoms with van der Waals surface area (Å²) in [5.74, 6) is 0.527. The number of halogens is 1. The second kappa shape index (κ2) is 7.00. The third-order valence-electron chi connectivity index (χ3n) is 2.91. The highest BCUT2D eigenvalue weighted by molar-refractivity contribution is 7.92. The van der Waals surface area contributed by atoms with Crippen molar-refractivity contribution in [3.63, 3.8) is 0 Å². The van der Waals surface area contributed by atoms with Crippen LogP contribution in [0, 0.1) is 0 Å². The Kier molecular flexibility index (Phi) is 5.28. The van der Waals surface area contributed by atoms with Crippen molar-refractivity contribution in [2.24, 2.45) is 0 Å². The lowest BCUT2D eigenvalue weighted by molar-refractivity contribution is 0.267. The van der Waals surface area contributed by atoms with Crippen molar-refractivity contribution in [3.05, 3.63) is 53.1 Å². The number of rotatable bonds is 6. The Morgan fingerprint density at radius 2 is 1.86 bits per heavy atom. The van der Waals surface area contributed by atoms with Gasteiger partial charge in [-0.2, -0.15) is 0 Å². The molecule has 0 saturated carbocycles. The van der Waals surface area contributed by atoms with E-state index in [0.29, 0.717) is 28.6 Å². The van der Waals surface area contributed by atoms with E-state index in [1.54, 1.807) is 18.2 Å². The topological polar surface area (TPSA) is 75.6 Å². The molecule has 5 nitrogen and oxygen atoms in total. The summed E-state index contributed by atoms with van der Waals surface area (Å²) in [6, 6.07) is 10.6. The molecule has 0 heterocycles. The number of hydrogen-bond donors (Lipinski definition) is 2. The number of anilines is 1. The average molecular weight is 342 g/mol. The van der Waals surface area contributed by atoms with Gasteiger partial charge in [-0.1, -0.05) is 11.6 Å². The molecule has 0 spiro atoms. The molecule has 0 saturated heterocycles. The van der Waals surface area contributed by atoms with E-state index in [1.807, 2.05) is 6.92 Å². The largest absolute Gasteiger partial charge is 0.494 e. The molecule has 2 aromatic carbocycles. The van der Waals surface area contributed by atoms with Gasteiger partial charge in [0.2, 0.25) is 0 Å². The summed E-state index contributed by atoms with van der Waals surface area (Å²) >= 11 is 5.75. The molecular weight excluding hydrogens is 326 g/mol. The molecule has 118 valence electrons. The third kappa shape index (κ3) is 3.91. The van der Waals surface area contributed by atoms with Crippen LogP contribution in [0.15, 0.2) is 47.4 Å². The molecule has 0 radical (unpaired) electrons. The van der Waals surface area contributed by atoms with E-state index in [1.165, 1.54) is 24.3 Å². The third-order valence-corrected chi connectivity index (χ3v) is 4.56. The molecule has 0 aliphatic rings. The molecule has 0 unspecified atom stereocenters. The molecule has 0 fully saturated rings. The summed E-state index contributed by atoms with van der Waals surface area (Å²) in [4.78, 5) is 0.108. The monoisotopic (exact) mass is 341 g/mol. The molecule has 2 aromatic rings. The molecule has 7 heteroatoms. The van der Waals surface area contributed by atoms with E-state index in [-0.39, 0.29) is 11.5 Å². The summed E-state index contributed by atoms with van der Waals surface area (Å²) in [6.45, 7) is 2.05. The van der Waals surface area contributed by atoms with Crippen LogP contribution < -0.4 is 9.46 Å². The van der Waals surface area contributed by atoms with Gasteiger partial charge in [-0.15, -0.1) is 0 Å². The SMILES string of the molecule is CCOc1ccc(NS(=O)(=O)c2ccc(Cl)cc2)cc1CO. The van der Waals surface area contributed by atoms with Gasteiger partial charge >= 0.3 is 0 Å². The molecular formula is C15H16ClNO4S. The Hall–Kier alpha value is -1.76. The standard InChI is InChI=1S/C15H16ClNO4S/c1-2-21-15-8-5-13(9-11(15)10-18)17-22(19,20)14-6-3-12(16)4-7-14/h3-9,17-18H,2,10H2,1H3. The number of aliphatic hydroxyl groups excluding tert-OH is 1. The predicted octanol–water partition coefficient (Wildman–Crippen LogP) is 3.03. The minimum absolute atomic E-state index is 0.108. The lowest BCUT2D eigenvalue weighted by Crippen LogP contribution is -2.13. The van der Waals surface area contributed by atoms with Crippen molar-refractivity contribution in [2.45, 2.75) is 18.4 Å². The van der Waals surface area contributed by atoms with E-state index >= 15 is 0 Å². The van der Waals surface area contributed by atoms with E-state index in [4.69, 9.17) is 16.3 Å². The van der Waals surface area contributed by atoms with Crippen LogP contribution in [0.4, 0.5) is 5.69 Å². The quantitative estimate of drug-likeness (QED) is 0.846. The molecule has 0 aromatic heterocycles. The zero-order valence-electron chi connectivity index (χ0n) is 11.9. The Bertz CT molecular complexity index is 745. The Labute approximate surface area is 134 Å². The van der Waals surface area contributed by atoms with Gasteiger partial charge in [0, 0.05) is 16.3 Å². The zero-order valence-corrected chi connectivity index (χ0v) is 13.5. The van der Waals surface area contributed by atoms with Gasteiger partial charge < -0.3 is 9.84 Å². The van der Waals surface area contributed by atoms with Crippen molar-refractivity contribution < 1.29 is 18.3 Å². The number of hydrogen-bond acceptors (Lipinski definition) is 4. The highest BCUT2D eigenvalue weighted by atomic mass is 35.5. The number of ether oxygens (including phenoxy) is 1.